The van der Waals surface area contributed by atoms with Gasteiger partial charge in [0, 0.05) is 16.5 Å². The first-order valence-corrected chi connectivity index (χ1v) is 7.46. The summed E-state index contributed by atoms with van der Waals surface area (Å²) in [6, 6.07) is 5.48. The van der Waals surface area contributed by atoms with Crippen molar-refractivity contribution in [2.75, 3.05) is 5.32 Å². The zero-order valence-electron chi connectivity index (χ0n) is 14.0. The second kappa shape index (κ2) is 6.35. The van der Waals surface area contributed by atoms with Gasteiger partial charge in [-0.25, -0.2) is 4.79 Å². The van der Waals surface area contributed by atoms with Crippen LogP contribution in [0.2, 0.25) is 0 Å². The third-order valence-electron chi connectivity index (χ3n) is 3.42. The number of hydrogen-bond acceptors (Lipinski definition) is 4. The van der Waals surface area contributed by atoms with E-state index in [1.54, 1.807) is 45.9 Å². The predicted molar refractivity (Wildman–Crippen MR) is 88.9 cm³/mol. The van der Waals surface area contributed by atoms with Crippen LogP contribution in [0.3, 0.4) is 0 Å². The maximum atomic E-state index is 12.2. The highest BCUT2D eigenvalue weighted by molar-refractivity contribution is 5.99. The van der Waals surface area contributed by atoms with Crippen molar-refractivity contribution >= 4 is 34.4 Å². The highest BCUT2D eigenvalue weighted by atomic mass is 16.4. The van der Waals surface area contributed by atoms with Crippen LogP contribution in [0.15, 0.2) is 28.7 Å². The topological polar surface area (TPSA) is 109 Å². The molecule has 128 valence electrons. The molecule has 0 aliphatic rings. The molecule has 2 aromatic rings. The number of carboxylic acids is 1. The molecule has 3 N–H and O–H groups in total. The van der Waals surface area contributed by atoms with Gasteiger partial charge in [-0.05, 0) is 31.2 Å². The zero-order chi connectivity index (χ0) is 18.1. The van der Waals surface area contributed by atoms with Gasteiger partial charge in [0.05, 0.1) is 0 Å². The van der Waals surface area contributed by atoms with Crippen molar-refractivity contribution in [2.45, 2.75) is 33.7 Å². The number of nitrogens with one attached hydrogen (secondary N) is 2. The monoisotopic (exact) mass is 332 g/mol. The van der Waals surface area contributed by atoms with E-state index in [1.807, 2.05) is 0 Å². The molecule has 7 nitrogen and oxygen atoms in total. The molecule has 2 rings (SSSR count). The van der Waals surface area contributed by atoms with E-state index in [9.17, 15) is 14.4 Å². The van der Waals surface area contributed by atoms with Gasteiger partial charge in [-0.1, -0.05) is 20.8 Å². The Balaban J connectivity index is 2.09. The fraction of sp³-hybridized carbons (Fsp3) is 0.353. The Morgan fingerprint density at radius 1 is 1.17 bits per heavy atom. The summed E-state index contributed by atoms with van der Waals surface area (Å²) in [5, 5.41) is 14.8. The molecule has 24 heavy (non-hydrogen) atoms. The number of amides is 2. The second-order valence-electron chi connectivity index (χ2n) is 6.60. The van der Waals surface area contributed by atoms with Crippen molar-refractivity contribution in [1.82, 2.24) is 5.32 Å². The first kappa shape index (κ1) is 17.5. The van der Waals surface area contributed by atoms with E-state index < -0.39 is 17.4 Å². The third kappa shape index (κ3) is 3.92. The highest BCUT2D eigenvalue weighted by Crippen LogP contribution is 2.23. The molecule has 0 fully saturated rings. The first-order valence-electron chi connectivity index (χ1n) is 7.46. The van der Waals surface area contributed by atoms with Crippen molar-refractivity contribution in [3.05, 3.63) is 30.0 Å². The van der Waals surface area contributed by atoms with Gasteiger partial charge < -0.3 is 20.2 Å². The molecule has 0 aliphatic heterocycles. The molecular weight excluding hydrogens is 312 g/mol. The third-order valence-corrected chi connectivity index (χ3v) is 3.42. The van der Waals surface area contributed by atoms with Gasteiger partial charge in [0.1, 0.15) is 11.6 Å². The molecule has 0 radical (unpaired) electrons. The number of aromatic carboxylic acids is 1. The van der Waals surface area contributed by atoms with Gasteiger partial charge in [-0.3, -0.25) is 9.59 Å². The number of carboxylic acid groups (broad SMARTS) is 1. The molecule has 2 amide bonds. The van der Waals surface area contributed by atoms with Crippen molar-refractivity contribution in [1.29, 1.82) is 0 Å². The molecule has 1 aromatic heterocycles. The fourth-order valence-corrected chi connectivity index (χ4v) is 1.96. The van der Waals surface area contributed by atoms with Gasteiger partial charge in [0.2, 0.25) is 17.6 Å². The summed E-state index contributed by atoms with van der Waals surface area (Å²) >= 11 is 0. The molecule has 1 atom stereocenters. The van der Waals surface area contributed by atoms with Crippen molar-refractivity contribution in [3.8, 4) is 0 Å². The number of fused-ring (bicyclic) bond motifs is 1. The molecule has 0 aliphatic carbocycles. The largest absolute Gasteiger partial charge is 0.475 e. The van der Waals surface area contributed by atoms with Crippen LogP contribution in [0.4, 0.5) is 5.69 Å². The summed E-state index contributed by atoms with van der Waals surface area (Å²) in [4.78, 5) is 35.0. The number of rotatable bonds is 4. The number of benzene rings is 1. The lowest BCUT2D eigenvalue weighted by molar-refractivity contribution is -0.131. The van der Waals surface area contributed by atoms with E-state index in [2.05, 4.69) is 10.6 Å². The van der Waals surface area contributed by atoms with Crippen LogP contribution >= 0.6 is 0 Å². The Bertz CT molecular complexity index is 801. The van der Waals surface area contributed by atoms with Gasteiger partial charge >= 0.3 is 5.97 Å². The number of furan rings is 1. The molecule has 0 saturated heterocycles. The second-order valence-corrected chi connectivity index (χ2v) is 6.60. The number of carbonyl (C=O) groups excluding carboxylic acids is 2. The maximum Gasteiger partial charge on any atom is 0.371 e. The van der Waals surface area contributed by atoms with Gasteiger partial charge in [0.25, 0.3) is 0 Å². The maximum absolute atomic E-state index is 12.2. The quantitative estimate of drug-likeness (QED) is 0.797. The van der Waals surface area contributed by atoms with E-state index in [0.717, 1.165) is 0 Å². The lowest BCUT2D eigenvalue weighted by atomic mass is 9.95. The molecule has 0 saturated carbocycles. The van der Waals surface area contributed by atoms with E-state index in [1.165, 1.54) is 6.07 Å². The molecule has 0 bridgehead atoms. The van der Waals surface area contributed by atoms with E-state index in [0.29, 0.717) is 16.7 Å². The average molecular weight is 332 g/mol. The summed E-state index contributed by atoms with van der Waals surface area (Å²) in [5.41, 5.74) is 0.318. The minimum Gasteiger partial charge on any atom is -0.475 e. The van der Waals surface area contributed by atoms with Gasteiger partial charge in [0.15, 0.2) is 0 Å². The Hall–Kier alpha value is -2.83. The predicted octanol–water partition coefficient (Wildman–Crippen LogP) is 2.62. The van der Waals surface area contributed by atoms with Crippen LogP contribution < -0.4 is 10.6 Å². The van der Waals surface area contributed by atoms with Crippen LogP contribution in [0.1, 0.15) is 38.2 Å². The molecular formula is C17H20N2O5. The SMILES string of the molecule is CC(NC(=O)C(C)(C)C)C(=O)Nc1ccc2oc(C(=O)O)cc2c1. The summed E-state index contributed by atoms with van der Waals surface area (Å²) in [5.74, 6) is -1.91. The zero-order valence-corrected chi connectivity index (χ0v) is 14.0. The summed E-state index contributed by atoms with van der Waals surface area (Å²) in [6.45, 7) is 6.89. The van der Waals surface area contributed by atoms with E-state index >= 15 is 0 Å². The van der Waals surface area contributed by atoms with Crippen LogP contribution in [-0.2, 0) is 9.59 Å². The van der Waals surface area contributed by atoms with Crippen molar-refractivity contribution in [2.24, 2.45) is 5.41 Å². The molecule has 1 unspecified atom stereocenters. The summed E-state index contributed by atoms with van der Waals surface area (Å²) < 4.78 is 5.16. The number of hydrogen-bond donors (Lipinski definition) is 3. The van der Waals surface area contributed by atoms with Crippen LogP contribution in [0.5, 0.6) is 0 Å². The highest BCUT2D eigenvalue weighted by Gasteiger charge is 2.25. The van der Waals surface area contributed by atoms with Crippen molar-refractivity contribution in [3.63, 3.8) is 0 Å². The first-order chi connectivity index (χ1) is 11.1. The standard InChI is InChI=1S/C17H20N2O5/c1-9(18-16(23)17(2,3)4)14(20)19-11-5-6-12-10(7-11)8-13(24-12)15(21)22/h5-9H,1-4H3,(H,18,23)(H,19,20)(H,21,22). The summed E-state index contributed by atoms with van der Waals surface area (Å²) in [7, 11) is 0. The fourth-order valence-electron chi connectivity index (χ4n) is 1.96. The van der Waals surface area contributed by atoms with Gasteiger partial charge in [-0.2, -0.15) is 0 Å². The van der Waals surface area contributed by atoms with Gasteiger partial charge in [-0.15, -0.1) is 0 Å². The lowest BCUT2D eigenvalue weighted by Crippen LogP contribution is -2.46. The van der Waals surface area contributed by atoms with E-state index in [-0.39, 0.29) is 17.6 Å². The smallest absolute Gasteiger partial charge is 0.371 e. The van der Waals surface area contributed by atoms with E-state index in [4.69, 9.17) is 9.52 Å². The minimum absolute atomic E-state index is 0.167. The molecule has 1 aromatic carbocycles. The normalized spacial score (nSPS) is 12.7. The Morgan fingerprint density at radius 3 is 2.42 bits per heavy atom. The Kier molecular flexibility index (Phi) is 4.64. The number of anilines is 1. The average Bonchev–Trinajstić information content (AvgIpc) is 2.89. The number of carbonyl (C=O) groups is 3. The molecule has 0 spiro atoms. The Morgan fingerprint density at radius 2 is 1.83 bits per heavy atom. The van der Waals surface area contributed by atoms with Crippen LogP contribution in [0, 0.1) is 5.41 Å². The molecule has 1 heterocycles. The van der Waals surface area contributed by atoms with Crippen molar-refractivity contribution < 1.29 is 23.9 Å². The lowest BCUT2D eigenvalue weighted by Gasteiger charge is -2.21. The summed E-state index contributed by atoms with van der Waals surface area (Å²) in [6.07, 6.45) is 0. The molecule has 7 heteroatoms. The van der Waals surface area contributed by atoms with Crippen LogP contribution in [-0.4, -0.2) is 28.9 Å². The Labute approximate surface area is 139 Å². The minimum atomic E-state index is -1.16. The van der Waals surface area contributed by atoms with Crippen LogP contribution in [0.25, 0.3) is 11.0 Å².